The zero-order valence-corrected chi connectivity index (χ0v) is 13.4. The van der Waals surface area contributed by atoms with Crippen molar-refractivity contribution >= 4 is 5.97 Å². The second-order valence-electron chi connectivity index (χ2n) is 6.90. The summed E-state index contributed by atoms with van der Waals surface area (Å²) in [5.41, 5.74) is 2.17. The summed E-state index contributed by atoms with van der Waals surface area (Å²) in [6.07, 6.45) is 0. The van der Waals surface area contributed by atoms with Crippen molar-refractivity contribution in [2.24, 2.45) is 0 Å². The van der Waals surface area contributed by atoms with Crippen molar-refractivity contribution in [2.45, 2.75) is 45.2 Å². The monoisotopic (exact) mass is 290 g/mol. The van der Waals surface area contributed by atoms with Crippen molar-refractivity contribution < 1.29 is 9.90 Å². The number of nitrogens with zero attached hydrogens (tertiary/aromatic N) is 1. The molecule has 1 saturated heterocycles. The Labute approximate surface area is 127 Å². The maximum absolute atomic E-state index is 11.8. The molecule has 0 aliphatic carbocycles. The third kappa shape index (κ3) is 3.63. The molecule has 0 bridgehead atoms. The van der Waals surface area contributed by atoms with Gasteiger partial charge in [-0.1, -0.05) is 45.0 Å². The lowest BCUT2D eigenvalue weighted by molar-refractivity contribution is -0.145. The van der Waals surface area contributed by atoms with E-state index in [2.05, 4.69) is 50.0 Å². The molecule has 0 saturated carbocycles. The van der Waals surface area contributed by atoms with Crippen LogP contribution in [0.4, 0.5) is 0 Å². The Balaban J connectivity index is 2.28. The highest BCUT2D eigenvalue weighted by Crippen LogP contribution is 2.28. The van der Waals surface area contributed by atoms with Gasteiger partial charge in [-0.15, -0.1) is 0 Å². The Hall–Kier alpha value is -1.39. The predicted octanol–water partition coefficient (Wildman–Crippen LogP) is 2.40. The minimum atomic E-state index is -0.771. The first-order valence-electron chi connectivity index (χ1n) is 7.60. The van der Waals surface area contributed by atoms with Gasteiger partial charge in [0.05, 0.1) is 0 Å². The maximum atomic E-state index is 11.8. The summed E-state index contributed by atoms with van der Waals surface area (Å²) in [5.74, 6) is -0.771. The average Bonchev–Trinajstić information content (AvgIpc) is 2.40. The molecule has 1 aliphatic heterocycles. The summed E-state index contributed by atoms with van der Waals surface area (Å²) in [6, 6.07) is 7.71. The largest absolute Gasteiger partial charge is 0.480 e. The van der Waals surface area contributed by atoms with Crippen LogP contribution in [-0.2, 0) is 10.2 Å². The van der Waals surface area contributed by atoms with Crippen LogP contribution in [0.5, 0.6) is 0 Å². The number of piperazine rings is 1. The molecule has 1 fully saturated rings. The molecule has 1 heterocycles. The number of carboxylic acid groups (broad SMARTS) is 1. The number of aliphatic carboxylic acids is 1. The van der Waals surface area contributed by atoms with Gasteiger partial charge < -0.3 is 10.4 Å². The van der Waals surface area contributed by atoms with E-state index < -0.39 is 12.0 Å². The number of hydrogen-bond donors (Lipinski definition) is 2. The number of hydrogen-bond acceptors (Lipinski definition) is 3. The fourth-order valence-electron chi connectivity index (χ4n) is 2.88. The lowest BCUT2D eigenvalue weighted by Gasteiger charge is -2.38. The highest BCUT2D eigenvalue weighted by Gasteiger charge is 2.32. The van der Waals surface area contributed by atoms with Crippen LogP contribution in [0.25, 0.3) is 0 Å². The van der Waals surface area contributed by atoms with Crippen LogP contribution < -0.4 is 5.32 Å². The third-order valence-corrected chi connectivity index (χ3v) is 4.21. The Bertz CT molecular complexity index is 491. The summed E-state index contributed by atoms with van der Waals surface area (Å²) < 4.78 is 0. The van der Waals surface area contributed by atoms with Gasteiger partial charge in [-0.3, -0.25) is 9.69 Å². The van der Waals surface area contributed by atoms with Crippen LogP contribution in [-0.4, -0.2) is 41.7 Å². The van der Waals surface area contributed by atoms with Crippen molar-refractivity contribution in [1.29, 1.82) is 0 Å². The highest BCUT2D eigenvalue weighted by molar-refractivity contribution is 5.75. The molecule has 0 amide bonds. The molecule has 0 aromatic heterocycles. The van der Waals surface area contributed by atoms with Crippen molar-refractivity contribution in [2.75, 3.05) is 19.6 Å². The molecule has 0 spiro atoms. The smallest absolute Gasteiger partial charge is 0.325 e. The SMILES string of the molecule is CC1CNCCN1C(C(=O)O)c1ccc(C(C)(C)C)cc1. The van der Waals surface area contributed by atoms with Gasteiger partial charge in [0.1, 0.15) is 6.04 Å². The van der Waals surface area contributed by atoms with Gasteiger partial charge in [-0.2, -0.15) is 0 Å². The summed E-state index contributed by atoms with van der Waals surface area (Å²) in [5, 5.41) is 13.0. The lowest BCUT2D eigenvalue weighted by Crippen LogP contribution is -2.52. The van der Waals surface area contributed by atoms with Gasteiger partial charge in [0.2, 0.25) is 0 Å². The molecule has 1 aromatic rings. The molecule has 4 heteroatoms. The molecule has 2 rings (SSSR count). The molecule has 2 unspecified atom stereocenters. The minimum absolute atomic E-state index is 0.0829. The first kappa shape index (κ1) is 16.0. The van der Waals surface area contributed by atoms with E-state index in [-0.39, 0.29) is 11.5 Å². The highest BCUT2D eigenvalue weighted by atomic mass is 16.4. The zero-order chi connectivity index (χ0) is 15.6. The van der Waals surface area contributed by atoms with Gasteiger partial charge in [-0.25, -0.2) is 0 Å². The van der Waals surface area contributed by atoms with E-state index in [0.29, 0.717) is 0 Å². The van der Waals surface area contributed by atoms with Crippen molar-refractivity contribution in [3.8, 4) is 0 Å². The molecule has 0 radical (unpaired) electrons. The Morgan fingerprint density at radius 3 is 2.43 bits per heavy atom. The number of benzene rings is 1. The second kappa shape index (κ2) is 6.16. The molecule has 116 valence electrons. The molecule has 4 nitrogen and oxygen atoms in total. The molecule has 2 atom stereocenters. The molecule has 1 aromatic carbocycles. The van der Waals surface area contributed by atoms with E-state index in [4.69, 9.17) is 0 Å². The third-order valence-electron chi connectivity index (χ3n) is 4.21. The Kier molecular flexibility index (Phi) is 4.69. The number of rotatable bonds is 3. The standard InChI is InChI=1S/C17H26N2O2/c1-12-11-18-9-10-19(12)15(16(20)21)13-5-7-14(8-6-13)17(2,3)4/h5-8,12,15,18H,9-11H2,1-4H3,(H,20,21). The van der Waals surface area contributed by atoms with E-state index >= 15 is 0 Å². The average molecular weight is 290 g/mol. The zero-order valence-electron chi connectivity index (χ0n) is 13.4. The van der Waals surface area contributed by atoms with Gasteiger partial charge >= 0.3 is 5.97 Å². The number of nitrogens with one attached hydrogen (secondary N) is 1. The fourth-order valence-corrected chi connectivity index (χ4v) is 2.88. The van der Waals surface area contributed by atoms with Gasteiger partial charge in [0.25, 0.3) is 0 Å². The van der Waals surface area contributed by atoms with Crippen molar-refractivity contribution in [3.05, 3.63) is 35.4 Å². The first-order valence-corrected chi connectivity index (χ1v) is 7.60. The van der Waals surface area contributed by atoms with Gasteiger partial charge in [-0.05, 0) is 23.5 Å². The van der Waals surface area contributed by atoms with Crippen molar-refractivity contribution in [3.63, 3.8) is 0 Å². The summed E-state index contributed by atoms with van der Waals surface area (Å²) in [7, 11) is 0. The van der Waals surface area contributed by atoms with E-state index in [1.165, 1.54) is 5.56 Å². The van der Waals surface area contributed by atoms with Crippen LogP contribution in [0.3, 0.4) is 0 Å². The van der Waals surface area contributed by atoms with E-state index in [1.54, 1.807) is 0 Å². The topological polar surface area (TPSA) is 52.6 Å². The first-order chi connectivity index (χ1) is 9.80. The van der Waals surface area contributed by atoms with Crippen molar-refractivity contribution in [1.82, 2.24) is 10.2 Å². The van der Waals surface area contributed by atoms with E-state index in [0.717, 1.165) is 25.2 Å². The van der Waals surface area contributed by atoms with Crippen LogP contribution in [0.15, 0.2) is 24.3 Å². The van der Waals surface area contributed by atoms with E-state index in [1.807, 2.05) is 12.1 Å². The van der Waals surface area contributed by atoms with Gasteiger partial charge in [0.15, 0.2) is 0 Å². The molecular formula is C17H26N2O2. The van der Waals surface area contributed by atoms with Crippen LogP contribution in [0, 0.1) is 0 Å². The Morgan fingerprint density at radius 2 is 1.95 bits per heavy atom. The maximum Gasteiger partial charge on any atom is 0.325 e. The van der Waals surface area contributed by atoms with Crippen LogP contribution in [0.1, 0.15) is 44.9 Å². The van der Waals surface area contributed by atoms with Crippen LogP contribution in [0.2, 0.25) is 0 Å². The van der Waals surface area contributed by atoms with Gasteiger partial charge in [0, 0.05) is 25.7 Å². The van der Waals surface area contributed by atoms with E-state index in [9.17, 15) is 9.90 Å². The Morgan fingerprint density at radius 1 is 1.33 bits per heavy atom. The number of carbonyl (C=O) groups is 1. The number of carboxylic acids is 1. The normalized spacial score (nSPS) is 22.0. The predicted molar refractivity (Wildman–Crippen MR) is 84.6 cm³/mol. The molecule has 21 heavy (non-hydrogen) atoms. The lowest BCUT2D eigenvalue weighted by atomic mass is 9.86. The minimum Gasteiger partial charge on any atom is -0.480 e. The molecule has 1 aliphatic rings. The second-order valence-corrected chi connectivity index (χ2v) is 6.90. The molecular weight excluding hydrogens is 264 g/mol. The molecule has 2 N–H and O–H groups in total. The quantitative estimate of drug-likeness (QED) is 0.897. The summed E-state index contributed by atoms with van der Waals surface area (Å²) in [6.45, 7) is 11.0. The van der Waals surface area contributed by atoms with Crippen LogP contribution >= 0.6 is 0 Å². The summed E-state index contributed by atoms with van der Waals surface area (Å²) in [4.78, 5) is 13.8. The summed E-state index contributed by atoms with van der Waals surface area (Å²) >= 11 is 0. The fraction of sp³-hybridized carbons (Fsp3) is 0.588.